The summed E-state index contributed by atoms with van der Waals surface area (Å²) < 4.78 is 5.41. The first kappa shape index (κ1) is 22.7. The summed E-state index contributed by atoms with van der Waals surface area (Å²) in [7, 11) is 0. The highest BCUT2D eigenvalue weighted by atomic mass is 16.5. The average molecular weight is 472 g/mol. The number of piperidine rings is 1. The number of H-pyrrole nitrogens is 2. The first-order chi connectivity index (χ1) is 17.0. The number of ether oxygens (including phenoxy) is 1. The molecule has 0 unspecified atom stereocenters. The molecule has 0 bridgehead atoms. The third-order valence-electron chi connectivity index (χ3n) is 8.11. The quantitative estimate of drug-likeness (QED) is 0.332. The molecule has 0 atom stereocenters. The van der Waals surface area contributed by atoms with Gasteiger partial charge in [0.05, 0.1) is 24.9 Å². The lowest BCUT2D eigenvalue weighted by atomic mass is 9.87. The van der Waals surface area contributed by atoms with Crippen LogP contribution in [0, 0.1) is 5.41 Å². The minimum Gasteiger partial charge on any atom is -0.378 e. The van der Waals surface area contributed by atoms with Crippen LogP contribution < -0.4 is 5.49 Å². The standard InChI is InChI=1S/C29H37N5O/c1-17(2)27-25-12-21(19-8-10-34(11-9-19)23-15-35-16-23)6-7-26(25)33-28(27)22-13-24(20-4-5-20)29(31-14-22)32-18(3)30/h6-7,12-14,17,19-20,23,33H,4-5,8-11,15-16H2,1-3H3,(H2,30,31,32). The second kappa shape index (κ2) is 9.07. The number of fused-ring (bicyclic) bond motifs is 1. The third-order valence-corrected chi connectivity index (χ3v) is 8.11. The highest BCUT2D eigenvalue weighted by Gasteiger charge is 2.30. The molecule has 6 heteroatoms. The molecule has 3 fully saturated rings. The van der Waals surface area contributed by atoms with Gasteiger partial charge in [-0.3, -0.25) is 10.3 Å². The van der Waals surface area contributed by atoms with E-state index in [0.717, 1.165) is 18.7 Å². The number of nitrogens with zero attached hydrogens (tertiary/aromatic N) is 2. The Morgan fingerprint density at radius 2 is 1.86 bits per heavy atom. The first-order valence-electron chi connectivity index (χ1n) is 13.3. The zero-order valence-electron chi connectivity index (χ0n) is 21.2. The molecule has 2 saturated heterocycles. The number of aromatic nitrogens is 2. The molecular formula is C29H37N5O. The Hall–Kier alpha value is -2.70. The molecule has 3 aliphatic rings. The summed E-state index contributed by atoms with van der Waals surface area (Å²) in [5.41, 5.74) is 8.58. The molecule has 184 valence electrons. The van der Waals surface area contributed by atoms with Crippen LogP contribution in [0.3, 0.4) is 0 Å². The number of hydrogen-bond acceptors (Lipinski definition) is 3. The minimum atomic E-state index is 0.337. The van der Waals surface area contributed by atoms with Crippen LogP contribution in [0.4, 0.5) is 0 Å². The van der Waals surface area contributed by atoms with Gasteiger partial charge in [0.15, 0.2) is 0 Å². The van der Waals surface area contributed by atoms with E-state index in [1.165, 1.54) is 77.6 Å². The van der Waals surface area contributed by atoms with Crippen molar-refractivity contribution in [1.82, 2.24) is 14.9 Å². The monoisotopic (exact) mass is 471 g/mol. The van der Waals surface area contributed by atoms with Gasteiger partial charge >= 0.3 is 0 Å². The smallest absolute Gasteiger partial charge is 0.135 e. The largest absolute Gasteiger partial charge is 0.378 e. The lowest BCUT2D eigenvalue weighted by Gasteiger charge is -2.41. The fourth-order valence-corrected chi connectivity index (χ4v) is 5.97. The Labute approximate surface area is 207 Å². The molecule has 1 aliphatic carbocycles. The maximum Gasteiger partial charge on any atom is 0.135 e. The molecule has 0 spiro atoms. The first-order valence-corrected chi connectivity index (χ1v) is 13.3. The lowest BCUT2D eigenvalue weighted by molar-refractivity contribution is -0.0712. The van der Waals surface area contributed by atoms with E-state index in [0.29, 0.717) is 29.6 Å². The van der Waals surface area contributed by atoms with E-state index in [1.54, 1.807) is 6.92 Å². The third kappa shape index (κ3) is 4.38. The van der Waals surface area contributed by atoms with Crippen LogP contribution in [0.15, 0.2) is 35.5 Å². The Bertz CT molecular complexity index is 1320. The number of nitrogens with one attached hydrogen (secondary N) is 3. The van der Waals surface area contributed by atoms with E-state index in [1.807, 2.05) is 0 Å². The number of pyridine rings is 1. The molecule has 3 aromatic rings. The van der Waals surface area contributed by atoms with E-state index in [2.05, 4.69) is 64.2 Å². The number of rotatable bonds is 5. The second-order valence-electron chi connectivity index (χ2n) is 11.0. The molecule has 6 nitrogen and oxygen atoms in total. The van der Waals surface area contributed by atoms with Gasteiger partial charge in [0.1, 0.15) is 11.3 Å². The maximum atomic E-state index is 7.82. The molecule has 35 heavy (non-hydrogen) atoms. The molecule has 1 saturated carbocycles. The number of likely N-dealkylation sites (tertiary alicyclic amines) is 1. The van der Waals surface area contributed by atoms with Crippen molar-refractivity contribution in [2.75, 3.05) is 26.3 Å². The fourth-order valence-electron chi connectivity index (χ4n) is 5.97. The summed E-state index contributed by atoms with van der Waals surface area (Å²) in [5, 5.41) is 9.18. The van der Waals surface area contributed by atoms with Crippen molar-refractivity contribution in [1.29, 1.82) is 5.41 Å². The highest BCUT2D eigenvalue weighted by molar-refractivity contribution is 5.92. The van der Waals surface area contributed by atoms with Crippen molar-refractivity contribution < 1.29 is 4.74 Å². The summed E-state index contributed by atoms with van der Waals surface area (Å²) in [5.74, 6) is 1.94. The van der Waals surface area contributed by atoms with Gasteiger partial charge in [-0.05, 0) is 98.3 Å². The Kier molecular flexibility index (Phi) is 5.89. The van der Waals surface area contributed by atoms with Crippen LogP contribution >= 0.6 is 0 Å². The van der Waals surface area contributed by atoms with Crippen LogP contribution in [-0.4, -0.2) is 53.0 Å². The number of benzene rings is 1. The predicted molar refractivity (Wildman–Crippen MR) is 141 cm³/mol. The summed E-state index contributed by atoms with van der Waals surface area (Å²) in [6.07, 6.45) is 6.93. The van der Waals surface area contributed by atoms with Crippen LogP contribution in [0.1, 0.15) is 80.9 Å². The van der Waals surface area contributed by atoms with E-state index in [4.69, 9.17) is 10.1 Å². The van der Waals surface area contributed by atoms with Crippen molar-refractivity contribution in [2.45, 2.75) is 70.3 Å². The molecule has 0 amide bonds. The molecule has 2 aromatic heterocycles. The zero-order chi connectivity index (χ0) is 24.1. The molecule has 6 rings (SSSR count). The van der Waals surface area contributed by atoms with Crippen LogP contribution in [0.25, 0.3) is 22.2 Å². The van der Waals surface area contributed by atoms with Crippen molar-refractivity contribution in [3.8, 4) is 11.3 Å². The van der Waals surface area contributed by atoms with Gasteiger partial charge in [0, 0.05) is 22.7 Å². The van der Waals surface area contributed by atoms with Gasteiger partial charge in [-0.15, -0.1) is 0 Å². The van der Waals surface area contributed by atoms with Crippen molar-refractivity contribution in [3.05, 3.63) is 52.6 Å². The van der Waals surface area contributed by atoms with E-state index in [-0.39, 0.29) is 0 Å². The predicted octanol–water partition coefficient (Wildman–Crippen LogP) is 5.64. The van der Waals surface area contributed by atoms with Gasteiger partial charge in [0.25, 0.3) is 0 Å². The van der Waals surface area contributed by atoms with Crippen LogP contribution in [0.2, 0.25) is 0 Å². The van der Waals surface area contributed by atoms with Crippen molar-refractivity contribution in [3.63, 3.8) is 0 Å². The highest BCUT2D eigenvalue weighted by Crippen LogP contribution is 2.41. The molecule has 2 aliphatic heterocycles. The fraction of sp³-hybridized carbons (Fsp3) is 0.517. The normalized spacial score (nSPS) is 20.6. The Morgan fingerprint density at radius 1 is 1.09 bits per heavy atom. The molecule has 1 aromatic carbocycles. The Balaban J connectivity index is 1.35. The van der Waals surface area contributed by atoms with E-state index >= 15 is 0 Å². The molecule has 4 heterocycles. The topological polar surface area (TPSA) is 80.3 Å². The maximum absolute atomic E-state index is 7.82. The van der Waals surface area contributed by atoms with Crippen molar-refractivity contribution >= 4 is 16.7 Å². The summed E-state index contributed by atoms with van der Waals surface area (Å²) >= 11 is 0. The molecule has 3 N–H and O–H groups in total. The summed E-state index contributed by atoms with van der Waals surface area (Å²) in [6.45, 7) is 10.5. The number of aromatic amines is 2. The molecular weight excluding hydrogens is 434 g/mol. The van der Waals surface area contributed by atoms with E-state index < -0.39 is 0 Å². The van der Waals surface area contributed by atoms with Crippen LogP contribution in [0.5, 0.6) is 0 Å². The molecule has 0 radical (unpaired) electrons. The van der Waals surface area contributed by atoms with Crippen LogP contribution in [-0.2, 0) is 4.74 Å². The van der Waals surface area contributed by atoms with Gasteiger partial charge < -0.3 is 14.7 Å². The summed E-state index contributed by atoms with van der Waals surface area (Å²) in [4.78, 5) is 14.2. The van der Waals surface area contributed by atoms with E-state index in [9.17, 15) is 0 Å². The average Bonchev–Trinajstić information content (AvgIpc) is 3.57. The van der Waals surface area contributed by atoms with Crippen molar-refractivity contribution in [2.24, 2.45) is 4.99 Å². The minimum absolute atomic E-state index is 0.337. The van der Waals surface area contributed by atoms with Gasteiger partial charge in [0.2, 0.25) is 0 Å². The Morgan fingerprint density at radius 3 is 2.49 bits per heavy atom. The zero-order valence-corrected chi connectivity index (χ0v) is 21.2. The lowest BCUT2D eigenvalue weighted by Crippen LogP contribution is -2.51. The number of hydrogen-bond donors (Lipinski definition) is 3. The second-order valence-corrected chi connectivity index (χ2v) is 11.0. The van der Waals surface area contributed by atoms with Gasteiger partial charge in [-0.2, -0.15) is 0 Å². The summed E-state index contributed by atoms with van der Waals surface area (Å²) in [6, 6.07) is 10.0. The van der Waals surface area contributed by atoms with Gasteiger partial charge in [-0.25, -0.2) is 4.99 Å². The number of amidine groups is 1. The SMILES string of the molecule is CC(=N)/N=c1\[nH]cc(-c2[nH]c3ccc(C4CCN(C5COC5)CC4)cc3c2C(C)C)cc1C1CC1. The van der Waals surface area contributed by atoms with Gasteiger partial charge in [-0.1, -0.05) is 19.9 Å².